The van der Waals surface area contributed by atoms with Crippen LogP contribution in [-0.2, 0) is 25.6 Å². The molecule has 9 heteroatoms. The molecule has 4 atom stereocenters. The van der Waals surface area contributed by atoms with E-state index < -0.39 is 42.0 Å². The molecule has 0 saturated carbocycles. The number of rotatable bonds is 11. The topological polar surface area (TPSA) is 142 Å². The number of nitrogens with one attached hydrogen (secondary N) is 2. The van der Waals surface area contributed by atoms with Crippen molar-refractivity contribution in [2.45, 2.75) is 77.5 Å². The molecule has 9 nitrogen and oxygen atoms in total. The largest absolute Gasteiger partial charge is 0.480 e. The maximum Gasteiger partial charge on any atom is 0.326 e. The predicted octanol–water partition coefficient (Wildman–Crippen LogP) is 1.30. The molecule has 0 bridgehead atoms. The first-order chi connectivity index (χ1) is 16.0. The molecule has 1 aliphatic rings. The summed E-state index contributed by atoms with van der Waals surface area (Å²) in [5.74, 6) is -2.48. The van der Waals surface area contributed by atoms with Gasteiger partial charge in [-0.3, -0.25) is 14.4 Å². The van der Waals surface area contributed by atoms with Crippen molar-refractivity contribution < 1.29 is 24.3 Å². The highest BCUT2D eigenvalue weighted by atomic mass is 16.4. The zero-order chi connectivity index (χ0) is 25.4. The number of carbonyl (C=O) groups is 4. The standard InChI is InChI=1S/C25H38N4O5/c1-15(2)13-18(26)22(30)27-19(14-17-9-6-5-7-10-17)24(32)29-12-8-11-20(29)23(31)28-21(16(3)4)25(33)34/h5-7,9-10,15-16,18-21H,8,11-14,26H2,1-4H3,(H,27,30)(H,28,31)(H,33,34). The third-order valence-electron chi connectivity index (χ3n) is 6.03. The smallest absolute Gasteiger partial charge is 0.326 e. The lowest BCUT2D eigenvalue weighted by atomic mass is 10.0. The molecule has 1 aromatic carbocycles. The van der Waals surface area contributed by atoms with Crippen molar-refractivity contribution in [2.75, 3.05) is 6.54 Å². The second-order valence-corrected chi connectivity index (χ2v) is 9.75. The average Bonchev–Trinajstić information content (AvgIpc) is 3.26. The van der Waals surface area contributed by atoms with Gasteiger partial charge >= 0.3 is 5.97 Å². The second-order valence-electron chi connectivity index (χ2n) is 9.75. The predicted molar refractivity (Wildman–Crippen MR) is 129 cm³/mol. The van der Waals surface area contributed by atoms with Gasteiger partial charge in [-0.05, 0) is 36.7 Å². The van der Waals surface area contributed by atoms with E-state index in [1.807, 2.05) is 44.2 Å². The summed E-state index contributed by atoms with van der Waals surface area (Å²) in [6, 6.07) is 5.86. The number of nitrogens with two attached hydrogens (primary N) is 1. The summed E-state index contributed by atoms with van der Waals surface area (Å²) < 4.78 is 0. The first-order valence-electron chi connectivity index (χ1n) is 11.9. The number of aliphatic carboxylic acids is 1. The molecule has 4 unspecified atom stereocenters. The van der Waals surface area contributed by atoms with Crippen LogP contribution in [0.4, 0.5) is 0 Å². The molecule has 2 rings (SSSR count). The van der Waals surface area contributed by atoms with Crippen molar-refractivity contribution in [1.82, 2.24) is 15.5 Å². The Morgan fingerprint density at radius 1 is 1.09 bits per heavy atom. The number of carboxylic acids is 1. The Balaban J connectivity index is 2.21. The van der Waals surface area contributed by atoms with Crippen molar-refractivity contribution >= 4 is 23.7 Å². The van der Waals surface area contributed by atoms with E-state index in [9.17, 15) is 24.3 Å². The molecule has 188 valence electrons. The fourth-order valence-corrected chi connectivity index (χ4v) is 4.21. The summed E-state index contributed by atoms with van der Waals surface area (Å²) in [5.41, 5.74) is 6.91. The minimum Gasteiger partial charge on any atom is -0.480 e. The number of likely N-dealkylation sites (tertiary alicyclic amines) is 1. The van der Waals surface area contributed by atoms with Crippen molar-refractivity contribution in [2.24, 2.45) is 17.6 Å². The molecule has 1 heterocycles. The lowest BCUT2D eigenvalue weighted by Crippen LogP contribution is -2.57. The molecule has 0 aliphatic carbocycles. The van der Waals surface area contributed by atoms with E-state index in [4.69, 9.17) is 5.73 Å². The zero-order valence-electron chi connectivity index (χ0n) is 20.5. The van der Waals surface area contributed by atoms with Crippen LogP contribution in [0.3, 0.4) is 0 Å². The minimum atomic E-state index is -1.12. The van der Waals surface area contributed by atoms with Gasteiger partial charge in [-0.1, -0.05) is 58.0 Å². The van der Waals surface area contributed by atoms with Gasteiger partial charge in [-0.2, -0.15) is 0 Å². The minimum absolute atomic E-state index is 0.221. The highest BCUT2D eigenvalue weighted by Gasteiger charge is 2.39. The van der Waals surface area contributed by atoms with E-state index >= 15 is 0 Å². The maximum absolute atomic E-state index is 13.6. The van der Waals surface area contributed by atoms with Crippen LogP contribution in [0.1, 0.15) is 52.5 Å². The monoisotopic (exact) mass is 474 g/mol. The molecule has 5 N–H and O–H groups in total. The van der Waals surface area contributed by atoms with Crippen molar-refractivity contribution in [3.05, 3.63) is 35.9 Å². The number of amides is 3. The Kier molecular flexibility index (Phi) is 10.0. The molecular weight excluding hydrogens is 436 g/mol. The summed E-state index contributed by atoms with van der Waals surface area (Å²) in [7, 11) is 0. The van der Waals surface area contributed by atoms with Crippen LogP contribution in [0.5, 0.6) is 0 Å². The quantitative estimate of drug-likeness (QED) is 0.381. The number of hydrogen-bond donors (Lipinski definition) is 4. The van der Waals surface area contributed by atoms with Crippen LogP contribution < -0.4 is 16.4 Å². The van der Waals surface area contributed by atoms with Gasteiger partial charge in [0.2, 0.25) is 17.7 Å². The normalized spacial score (nSPS) is 18.4. The molecule has 1 aliphatic heterocycles. The summed E-state index contributed by atoms with van der Waals surface area (Å²) in [4.78, 5) is 52.2. The number of nitrogens with zero attached hydrogens (tertiary/aromatic N) is 1. The Morgan fingerprint density at radius 3 is 2.29 bits per heavy atom. The highest BCUT2D eigenvalue weighted by Crippen LogP contribution is 2.20. The Labute approximate surface area is 201 Å². The summed E-state index contributed by atoms with van der Waals surface area (Å²) in [5, 5.41) is 14.8. The zero-order valence-corrected chi connectivity index (χ0v) is 20.5. The first-order valence-corrected chi connectivity index (χ1v) is 11.9. The van der Waals surface area contributed by atoms with Gasteiger partial charge in [-0.25, -0.2) is 4.79 Å². The molecule has 1 fully saturated rings. The molecular formula is C25H38N4O5. The average molecular weight is 475 g/mol. The van der Waals surface area contributed by atoms with E-state index in [0.717, 1.165) is 5.56 Å². The van der Waals surface area contributed by atoms with Crippen LogP contribution in [0, 0.1) is 11.8 Å². The van der Waals surface area contributed by atoms with Crippen LogP contribution >= 0.6 is 0 Å². The molecule has 1 saturated heterocycles. The van der Waals surface area contributed by atoms with Gasteiger partial charge in [0.1, 0.15) is 18.1 Å². The fourth-order valence-electron chi connectivity index (χ4n) is 4.21. The Morgan fingerprint density at radius 2 is 1.74 bits per heavy atom. The van der Waals surface area contributed by atoms with E-state index in [1.165, 1.54) is 4.90 Å². The van der Waals surface area contributed by atoms with Crippen molar-refractivity contribution in [3.8, 4) is 0 Å². The Bertz CT molecular complexity index is 858. The van der Waals surface area contributed by atoms with Crippen molar-refractivity contribution in [3.63, 3.8) is 0 Å². The van der Waals surface area contributed by atoms with E-state index in [-0.39, 0.29) is 24.2 Å². The molecule has 1 aromatic rings. The number of carbonyl (C=O) groups excluding carboxylic acids is 3. The fraction of sp³-hybridized carbons (Fsp3) is 0.600. The van der Waals surface area contributed by atoms with Gasteiger partial charge < -0.3 is 26.4 Å². The van der Waals surface area contributed by atoms with Crippen LogP contribution in [0.2, 0.25) is 0 Å². The van der Waals surface area contributed by atoms with E-state index in [0.29, 0.717) is 25.8 Å². The lowest BCUT2D eigenvalue weighted by Gasteiger charge is -2.30. The van der Waals surface area contributed by atoms with Gasteiger partial charge in [0.05, 0.1) is 6.04 Å². The molecule has 3 amide bonds. The highest BCUT2D eigenvalue weighted by molar-refractivity contribution is 5.94. The molecule has 0 spiro atoms. The third kappa shape index (κ3) is 7.55. The molecule has 34 heavy (non-hydrogen) atoms. The number of benzene rings is 1. The van der Waals surface area contributed by atoms with Crippen LogP contribution in [0.15, 0.2) is 30.3 Å². The summed E-state index contributed by atoms with van der Waals surface area (Å²) in [6.07, 6.45) is 1.79. The van der Waals surface area contributed by atoms with Crippen molar-refractivity contribution in [1.29, 1.82) is 0 Å². The molecule has 0 aromatic heterocycles. The number of hydrogen-bond acceptors (Lipinski definition) is 5. The van der Waals surface area contributed by atoms with Crippen LogP contribution in [-0.4, -0.2) is 64.4 Å². The Hall–Kier alpha value is -2.94. The van der Waals surface area contributed by atoms with E-state index in [1.54, 1.807) is 13.8 Å². The summed E-state index contributed by atoms with van der Waals surface area (Å²) in [6.45, 7) is 7.71. The van der Waals surface area contributed by atoms with Gasteiger partial charge in [0.25, 0.3) is 0 Å². The molecule has 0 radical (unpaired) electrons. The van der Waals surface area contributed by atoms with Crippen LogP contribution in [0.25, 0.3) is 0 Å². The maximum atomic E-state index is 13.6. The van der Waals surface area contributed by atoms with Gasteiger partial charge in [0, 0.05) is 13.0 Å². The first kappa shape index (κ1) is 27.3. The van der Waals surface area contributed by atoms with E-state index in [2.05, 4.69) is 10.6 Å². The van der Waals surface area contributed by atoms with Gasteiger partial charge in [0.15, 0.2) is 0 Å². The third-order valence-corrected chi connectivity index (χ3v) is 6.03. The SMILES string of the molecule is CC(C)CC(N)C(=O)NC(Cc1ccccc1)C(=O)N1CCCC1C(=O)NC(C(=O)O)C(C)C. The van der Waals surface area contributed by atoms with Gasteiger partial charge in [-0.15, -0.1) is 0 Å². The number of carboxylic acid groups (broad SMARTS) is 1. The summed E-state index contributed by atoms with van der Waals surface area (Å²) >= 11 is 0. The lowest BCUT2D eigenvalue weighted by molar-refractivity contribution is -0.145. The second kappa shape index (κ2) is 12.5.